The standard InChI is InChI=1S/C10H11NOS/c1-6-5-8-3-4-9(7(2)12)11-10(8)13-6/h3-5,7,12H,1-2H3. The van der Waals surface area contributed by atoms with Gasteiger partial charge in [0.05, 0.1) is 11.8 Å². The van der Waals surface area contributed by atoms with Crippen molar-refractivity contribution in [1.29, 1.82) is 0 Å². The van der Waals surface area contributed by atoms with Crippen molar-refractivity contribution < 1.29 is 5.11 Å². The molecule has 13 heavy (non-hydrogen) atoms. The SMILES string of the molecule is Cc1cc2ccc(C(C)O)nc2s1. The van der Waals surface area contributed by atoms with Crippen molar-refractivity contribution in [3.63, 3.8) is 0 Å². The molecule has 1 N–H and O–H groups in total. The minimum Gasteiger partial charge on any atom is -0.387 e. The molecule has 0 spiro atoms. The highest BCUT2D eigenvalue weighted by molar-refractivity contribution is 7.18. The molecule has 0 fully saturated rings. The van der Waals surface area contributed by atoms with Gasteiger partial charge < -0.3 is 5.11 Å². The zero-order valence-corrected chi connectivity index (χ0v) is 8.43. The molecule has 0 aliphatic heterocycles. The zero-order valence-electron chi connectivity index (χ0n) is 7.61. The number of hydrogen-bond donors (Lipinski definition) is 1. The molecule has 0 saturated heterocycles. The molecule has 0 bridgehead atoms. The van der Waals surface area contributed by atoms with Crippen LogP contribution in [0.1, 0.15) is 23.6 Å². The first kappa shape index (κ1) is 8.66. The summed E-state index contributed by atoms with van der Waals surface area (Å²) in [5, 5.41) is 10.5. The van der Waals surface area contributed by atoms with Gasteiger partial charge >= 0.3 is 0 Å². The Kier molecular flexibility index (Phi) is 2.06. The van der Waals surface area contributed by atoms with Crippen LogP contribution in [0.3, 0.4) is 0 Å². The lowest BCUT2D eigenvalue weighted by atomic mass is 10.2. The first-order valence-electron chi connectivity index (χ1n) is 4.22. The Morgan fingerprint density at radius 2 is 2.23 bits per heavy atom. The van der Waals surface area contributed by atoms with Gasteiger partial charge in [-0.25, -0.2) is 4.98 Å². The van der Waals surface area contributed by atoms with E-state index in [1.807, 2.05) is 12.1 Å². The van der Waals surface area contributed by atoms with Crippen LogP contribution in [0.25, 0.3) is 10.2 Å². The fourth-order valence-electron chi connectivity index (χ4n) is 1.29. The van der Waals surface area contributed by atoms with Crippen LogP contribution in [-0.2, 0) is 0 Å². The van der Waals surface area contributed by atoms with Gasteiger partial charge in [0.25, 0.3) is 0 Å². The van der Waals surface area contributed by atoms with E-state index in [1.54, 1.807) is 18.3 Å². The average Bonchev–Trinajstić information content (AvgIpc) is 2.42. The number of fused-ring (bicyclic) bond motifs is 1. The largest absolute Gasteiger partial charge is 0.387 e. The molecule has 2 rings (SSSR count). The van der Waals surface area contributed by atoms with Gasteiger partial charge in [-0.05, 0) is 26.0 Å². The number of pyridine rings is 1. The van der Waals surface area contributed by atoms with Crippen LogP contribution in [-0.4, -0.2) is 10.1 Å². The highest BCUT2D eigenvalue weighted by Crippen LogP contribution is 2.24. The van der Waals surface area contributed by atoms with Gasteiger partial charge in [0.1, 0.15) is 4.83 Å². The maximum Gasteiger partial charge on any atom is 0.123 e. The van der Waals surface area contributed by atoms with E-state index in [4.69, 9.17) is 0 Å². The molecule has 0 radical (unpaired) electrons. The van der Waals surface area contributed by atoms with Crippen LogP contribution in [0.2, 0.25) is 0 Å². The Balaban J connectivity index is 2.61. The van der Waals surface area contributed by atoms with E-state index >= 15 is 0 Å². The third-order valence-corrected chi connectivity index (χ3v) is 2.92. The number of aliphatic hydroxyl groups is 1. The van der Waals surface area contributed by atoms with Crippen LogP contribution in [0.15, 0.2) is 18.2 Å². The van der Waals surface area contributed by atoms with Crippen LogP contribution in [0, 0.1) is 6.92 Å². The Morgan fingerprint density at radius 1 is 1.46 bits per heavy atom. The Hall–Kier alpha value is -0.930. The molecule has 1 unspecified atom stereocenters. The molecular weight excluding hydrogens is 182 g/mol. The van der Waals surface area contributed by atoms with E-state index in [0.717, 1.165) is 15.9 Å². The third kappa shape index (κ3) is 1.57. The summed E-state index contributed by atoms with van der Waals surface area (Å²) in [6.07, 6.45) is -0.480. The topological polar surface area (TPSA) is 33.1 Å². The number of aromatic nitrogens is 1. The van der Waals surface area contributed by atoms with Crippen molar-refractivity contribution >= 4 is 21.6 Å². The van der Waals surface area contributed by atoms with Crippen molar-refractivity contribution in [2.75, 3.05) is 0 Å². The smallest absolute Gasteiger partial charge is 0.123 e. The van der Waals surface area contributed by atoms with Gasteiger partial charge in [0.15, 0.2) is 0 Å². The second kappa shape index (κ2) is 3.09. The fraction of sp³-hybridized carbons (Fsp3) is 0.300. The molecule has 2 aromatic rings. The molecule has 0 amide bonds. The summed E-state index contributed by atoms with van der Waals surface area (Å²) in [5.41, 5.74) is 0.745. The molecular formula is C10H11NOS. The molecule has 0 aromatic carbocycles. The summed E-state index contributed by atoms with van der Waals surface area (Å²) in [6, 6.07) is 5.99. The van der Waals surface area contributed by atoms with Crippen molar-refractivity contribution in [2.45, 2.75) is 20.0 Å². The van der Waals surface area contributed by atoms with E-state index in [2.05, 4.69) is 18.0 Å². The second-order valence-corrected chi connectivity index (χ2v) is 4.40. The Bertz CT molecular complexity index is 433. The lowest BCUT2D eigenvalue weighted by Crippen LogP contribution is -1.93. The third-order valence-electron chi connectivity index (χ3n) is 1.96. The molecule has 68 valence electrons. The lowest BCUT2D eigenvalue weighted by Gasteiger charge is -2.01. The van der Waals surface area contributed by atoms with Crippen molar-refractivity contribution in [3.8, 4) is 0 Å². The molecule has 0 saturated carbocycles. The van der Waals surface area contributed by atoms with Crippen molar-refractivity contribution in [2.24, 2.45) is 0 Å². The maximum atomic E-state index is 9.33. The quantitative estimate of drug-likeness (QED) is 0.755. The number of thiophene rings is 1. The van der Waals surface area contributed by atoms with E-state index in [-0.39, 0.29) is 0 Å². The molecule has 0 aliphatic rings. The van der Waals surface area contributed by atoms with Crippen LogP contribution in [0.4, 0.5) is 0 Å². The van der Waals surface area contributed by atoms with Gasteiger partial charge in [-0.1, -0.05) is 6.07 Å². The summed E-state index contributed by atoms with van der Waals surface area (Å²) in [7, 11) is 0. The van der Waals surface area contributed by atoms with E-state index < -0.39 is 6.10 Å². The maximum absolute atomic E-state index is 9.33. The number of aryl methyl sites for hydroxylation is 1. The molecule has 0 aliphatic carbocycles. The first-order chi connectivity index (χ1) is 6.16. The monoisotopic (exact) mass is 193 g/mol. The normalized spacial score (nSPS) is 13.5. The molecule has 3 heteroatoms. The predicted molar refractivity (Wildman–Crippen MR) is 55.0 cm³/mol. The van der Waals surface area contributed by atoms with E-state index in [1.165, 1.54) is 4.88 Å². The summed E-state index contributed by atoms with van der Waals surface area (Å²) in [4.78, 5) is 6.63. The van der Waals surface area contributed by atoms with Crippen molar-refractivity contribution in [3.05, 3.63) is 28.8 Å². The highest BCUT2D eigenvalue weighted by Gasteiger charge is 2.05. The van der Waals surface area contributed by atoms with Gasteiger partial charge in [-0.3, -0.25) is 0 Å². The zero-order chi connectivity index (χ0) is 9.42. The predicted octanol–water partition coefficient (Wildman–Crippen LogP) is 2.66. The van der Waals surface area contributed by atoms with E-state index in [0.29, 0.717) is 0 Å². The summed E-state index contributed by atoms with van der Waals surface area (Å²) < 4.78 is 0. The Morgan fingerprint density at radius 3 is 2.92 bits per heavy atom. The second-order valence-electron chi connectivity index (χ2n) is 3.16. The van der Waals surface area contributed by atoms with Crippen LogP contribution >= 0.6 is 11.3 Å². The fourth-order valence-corrected chi connectivity index (χ4v) is 2.18. The Labute approximate surface area is 80.9 Å². The summed E-state index contributed by atoms with van der Waals surface area (Å²) >= 11 is 1.66. The van der Waals surface area contributed by atoms with Gasteiger partial charge in [0, 0.05) is 10.3 Å². The minimum absolute atomic E-state index is 0.480. The van der Waals surface area contributed by atoms with Crippen LogP contribution < -0.4 is 0 Å². The molecule has 2 aromatic heterocycles. The van der Waals surface area contributed by atoms with Gasteiger partial charge in [-0.15, -0.1) is 11.3 Å². The summed E-state index contributed by atoms with van der Waals surface area (Å²) in [5.74, 6) is 0. The lowest BCUT2D eigenvalue weighted by molar-refractivity contribution is 0.195. The number of hydrogen-bond acceptors (Lipinski definition) is 3. The summed E-state index contributed by atoms with van der Waals surface area (Å²) in [6.45, 7) is 3.79. The number of aliphatic hydroxyl groups excluding tert-OH is 1. The van der Waals surface area contributed by atoms with Crippen molar-refractivity contribution in [1.82, 2.24) is 4.98 Å². The highest BCUT2D eigenvalue weighted by atomic mass is 32.1. The molecule has 2 nitrogen and oxygen atoms in total. The number of rotatable bonds is 1. The average molecular weight is 193 g/mol. The molecule has 2 heterocycles. The minimum atomic E-state index is -0.480. The first-order valence-corrected chi connectivity index (χ1v) is 5.03. The van der Waals surface area contributed by atoms with E-state index in [9.17, 15) is 5.11 Å². The number of nitrogens with zero attached hydrogens (tertiary/aromatic N) is 1. The van der Waals surface area contributed by atoms with Crippen LogP contribution in [0.5, 0.6) is 0 Å². The van der Waals surface area contributed by atoms with Gasteiger partial charge in [-0.2, -0.15) is 0 Å². The van der Waals surface area contributed by atoms with Gasteiger partial charge in [0.2, 0.25) is 0 Å². The molecule has 1 atom stereocenters.